The molecule has 0 aliphatic heterocycles. The number of nitrogens with zero attached hydrogens (tertiary/aromatic N) is 1. The summed E-state index contributed by atoms with van der Waals surface area (Å²) in [5.74, 6) is -1.37. The lowest BCUT2D eigenvalue weighted by Gasteiger charge is -2.07. The van der Waals surface area contributed by atoms with E-state index in [0.29, 0.717) is 16.5 Å². The lowest BCUT2D eigenvalue weighted by Crippen LogP contribution is -2.18. The van der Waals surface area contributed by atoms with Crippen molar-refractivity contribution in [1.29, 1.82) is 0 Å². The van der Waals surface area contributed by atoms with Crippen LogP contribution in [0.4, 0.5) is 10.1 Å². The Bertz CT molecular complexity index is 1410. The van der Waals surface area contributed by atoms with Gasteiger partial charge in [0.05, 0.1) is 34.8 Å². The van der Waals surface area contributed by atoms with Crippen molar-refractivity contribution in [3.05, 3.63) is 87.7 Å². The van der Waals surface area contributed by atoms with Gasteiger partial charge in [-0.2, -0.15) is 0 Å². The second-order valence-electron chi connectivity index (χ2n) is 7.09. The van der Waals surface area contributed by atoms with Gasteiger partial charge in [-0.25, -0.2) is 9.18 Å². The number of rotatable bonds is 5. The highest BCUT2D eigenvalue weighted by Crippen LogP contribution is 2.40. The monoisotopic (exact) mass is 448 g/mol. The Balaban J connectivity index is 2.02. The molecular weight excluding hydrogens is 431 g/mol. The summed E-state index contributed by atoms with van der Waals surface area (Å²) in [4.78, 5) is 36.0. The smallest absolute Gasteiger partial charge is 0.337 e. The molecule has 1 heterocycles. The summed E-state index contributed by atoms with van der Waals surface area (Å²) in [5.41, 5.74) is 1.23. The molecule has 9 heteroatoms. The van der Waals surface area contributed by atoms with Crippen molar-refractivity contribution in [3.8, 4) is 22.5 Å². The minimum absolute atomic E-state index is 0.118. The molecule has 0 atom stereocenters. The Kier molecular flexibility index (Phi) is 5.61. The Hall–Kier alpha value is -4.53. The Morgan fingerprint density at radius 1 is 1.06 bits per heavy atom. The van der Waals surface area contributed by atoms with Gasteiger partial charge >= 0.3 is 5.97 Å². The summed E-state index contributed by atoms with van der Waals surface area (Å²) in [6.45, 7) is 0. The first-order chi connectivity index (χ1) is 15.8. The van der Waals surface area contributed by atoms with Gasteiger partial charge in [0, 0.05) is 18.0 Å². The van der Waals surface area contributed by atoms with Crippen LogP contribution in [0.3, 0.4) is 0 Å². The largest absolute Gasteiger partial charge is 0.465 e. The standard InChI is InChI=1S/C24H17FN2O6/c1-26-23(28)21-18-11-17(14-4-3-5-15(10-14)24(29)32-2)19(27(30)31)12-20(18)33-22(21)13-6-8-16(25)9-7-13/h3-12H,1-2H3,(H,26,28). The number of halogens is 1. The minimum Gasteiger partial charge on any atom is -0.465 e. The molecule has 3 aromatic carbocycles. The van der Waals surface area contributed by atoms with Crippen LogP contribution in [0.2, 0.25) is 0 Å². The van der Waals surface area contributed by atoms with E-state index in [0.717, 1.165) is 0 Å². The molecule has 0 spiro atoms. The molecule has 0 saturated carbocycles. The topological polar surface area (TPSA) is 112 Å². The number of methoxy groups -OCH3 is 1. The molecule has 166 valence electrons. The van der Waals surface area contributed by atoms with Crippen LogP contribution in [0, 0.1) is 15.9 Å². The van der Waals surface area contributed by atoms with E-state index in [9.17, 15) is 24.1 Å². The van der Waals surface area contributed by atoms with Crippen molar-refractivity contribution >= 4 is 28.5 Å². The fraction of sp³-hybridized carbons (Fsp3) is 0.0833. The molecule has 4 rings (SSSR count). The Morgan fingerprint density at radius 2 is 1.79 bits per heavy atom. The number of furan rings is 1. The van der Waals surface area contributed by atoms with Gasteiger partial charge in [-0.05, 0) is 48.0 Å². The first-order valence-electron chi connectivity index (χ1n) is 9.75. The van der Waals surface area contributed by atoms with E-state index < -0.39 is 22.6 Å². The molecule has 0 saturated heterocycles. The number of benzene rings is 3. The van der Waals surface area contributed by atoms with Crippen molar-refractivity contribution in [1.82, 2.24) is 5.32 Å². The SMILES string of the molecule is CNC(=O)c1c(-c2ccc(F)cc2)oc2cc([N+](=O)[O-])c(-c3cccc(C(=O)OC)c3)cc12. The van der Waals surface area contributed by atoms with Crippen molar-refractivity contribution < 1.29 is 28.1 Å². The molecule has 0 aliphatic carbocycles. The van der Waals surface area contributed by atoms with E-state index in [1.807, 2.05) is 0 Å². The van der Waals surface area contributed by atoms with Crippen LogP contribution >= 0.6 is 0 Å². The molecule has 33 heavy (non-hydrogen) atoms. The van der Waals surface area contributed by atoms with E-state index in [-0.39, 0.29) is 33.7 Å². The van der Waals surface area contributed by atoms with Crippen LogP contribution in [0.1, 0.15) is 20.7 Å². The summed E-state index contributed by atoms with van der Waals surface area (Å²) < 4.78 is 24.0. The molecule has 0 bridgehead atoms. The first-order valence-corrected chi connectivity index (χ1v) is 9.75. The number of nitro benzene ring substituents is 1. The zero-order chi connectivity index (χ0) is 23.7. The van der Waals surface area contributed by atoms with Crippen LogP contribution in [-0.2, 0) is 4.74 Å². The highest BCUT2D eigenvalue weighted by Gasteiger charge is 2.26. The minimum atomic E-state index is -0.589. The number of hydrogen-bond acceptors (Lipinski definition) is 6. The number of ether oxygens (including phenoxy) is 1. The van der Waals surface area contributed by atoms with Crippen LogP contribution in [0.5, 0.6) is 0 Å². The van der Waals surface area contributed by atoms with Crippen molar-refractivity contribution in [2.45, 2.75) is 0 Å². The van der Waals surface area contributed by atoms with E-state index >= 15 is 0 Å². The third-order valence-corrected chi connectivity index (χ3v) is 5.16. The summed E-state index contributed by atoms with van der Waals surface area (Å²) in [6.07, 6.45) is 0. The summed E-state index contributed by atoms with van der Waals surface area (Å²) in [5, 5.41) is 14.7. The summed E-state index contributed by atoms with van der Waals surface area (Å²) in [6, 6.07) is 14.3. The molecule has 0 aliphatic rings. The quantitative estimate of drug-likeness (QED) is 0.262. The molecular formula is C24H17FN2O6. The predicted molar refractivity (Wildman–Crippen MR) is 118 cm³/mol. The highest BCUT2D eigenvalue weighted by atomic mass is 19.1. The zero-order valence-electron chi connectivity index (χ0n) is 17.5. The number of hydrogen-bond donors (Lipinski definition) is 1. The van der Waals surface area contributed by atoms with Gasteiger partial charge in [-0.3, -0.25) is 14.9 Å². The molecule has 1 aromatic heterocycles. The van der Waals surface area contributed by atoms with Gasteiger partial charge in [-0.15, -0.1) is 0 Å². The maximum Gasteiger partial charge on any atom is 0.337 e. The summed E-state index contributed by atoms with van der Waals surface area (Å²) in [7, 11) is 2.68. The molecule has 0 fully saturated rings. The van der Waals surface area contributed by atoms with Crippen molar-refractivity contribution in [3.63, 3.8) is 0 Å². The second-order valence-corrected chi connectivity index (χ2v) is 7.09. The van der Waals surface area contributed by atoms with Gasteiger partial charge in [0.25, 0.3) is 11.6 Å². The number of nitrogens with one attached hydrogen (secondary N) is 1. The maximum absolute atomic E-state index is 13.4. The third-order valence-electron chi connectivity index (χ3n) is 5.16. The molecule has 0 unspecified atom stereocenters. The van der Waals surface area contributed by atoms with Gasteiger partial charge in [0.15, 0.2) is 0 Å². The van der Waals surface area contributed by atoms with Crippen LogP contribution in [0.15, 0.2) is 65.1 Å². The van der Waals surface area contributed by atoms with Gasteiger partial charge in [0.1, 0.15) is 17.2 Å². The highest BCUT2D eigenvalue weighted by molar-refractivity contribution is 6.12. The lowest BCUT2D eigenvalue weighted by molar-refractivity contribution is -0.384. The van der Waals surface area contributed by atoms with E-state index in [2.05, 4.69) is 5.32 Å². The van der Waals surface area contributed by atoms with Crippen molar-refractivity contribution in [2.75, 3.05) is 14.2 Å². The maximum atomic E-state index is 13.4. The number of esters is 1. The van der Waals surface area contributed by atoms with Gasteiger partial charge in [-0.1, -0.05) is 12.1 Å². The predicted octanol–water partition coefficient (Wildman–Crippen LogP) is 4.96. The number of carbonyl (C=O) groups is 2. The Morgan fingerprint density at radius 3 is 2.42 bits per heavy atom. The summed E-state index contributed by atoms with van der Waals surface area (Å²) >= 11 is 0. The zero-order valence-corrected chi connectivity index (χ0v) is 17.5. The third kappa shape index (κ3) is 3.91. The van der Waals surface area contributed by atoms with E-state index in [1.165, 1.54) is 62.7 Å². The lowest BCUT2D eigenvalue weighted by atomic mass is 9.97. The van der Waals surface area contributed by atoms with E-state index in [1.54, 1.807) is 12.1 Å². The number of fused-ring (bicyclic) bond motifs is 1. The molecule has 1 N–H and O–H groups in total. The first kappa shape index (κ1) is 21.7. The van der Waals surface area contributed by atoms with Crippen LogP contribution < -0.4 is 5.32 Å². The number of carbonyl (C=O) groups excluding carboxylic acids is 2. The average molecular weight is 448 g/mol. The molecule has 1 amide bonds. The Labute approximate surface area is 186 Å². The molecule has 4 aromatic rings. The number of nitro groups is 1. The second kappa shape index (κ2) is 8.54. The van der Waals surface area contributed by atoms with Gasteiger partial charge < -0.3 is 14.5 Å². The van der Waals surface area contributed by atoms with Crippen LogP contribution in [0.25, 0.3) is 33.4 Å². The van der Waals surface area contributed by atoms with E-state index in [4.69, 9.17) is 9.15 Å². The fourth-order valence-corrected chi connectivity index (χ4v) is 3.60. The fourth-order valence-electron chi connectivity index (χ4n) is 3.60. The molecule has 8 nitrogen and oxygen atoms in total. The van der Waals surface area contributed by atoms with Crippen molar-refractivity contribution in [2.24, 2.45) is 0 Å². The average Bonchev–Trinajstić information content (AvgIpc) is 3.21. The van der Waals surface area contributed by atoms with Crippen LogP contribution in [-0.4, -0.2) is 31.0 Å². The normalized spacial score (nSPS) is 10.8. The number of amides is 1. The molecule has 0 radical (unpaired) electrons. The van der Waals surface area contributed by atoms with Gasteiger partial charge in [0.2, 0.25) is 0 Å².